The van der Waals surface area contributed by atoms with Gasteiger partial charge in [0.25, 0.3) is 4.87 Å². The van der Waals surface area contributed by atoms with E-state index >= 15 is 0 Å². The average molecular weight is 353 g/mol. The molecule has 1 unspecified atom stereocenters. The van der Waals surface area contributed by atoms with Crippen LogP contribution < -0.4 is 0 Å². The average Bonchev–Trinajstić information content (AvgIpc) is 2.13. The second-order valence-corrected chi connectivity index (χ2v) is 6.21. The minimum atomic E-state index is -3.06. The molecule has 0 rings (SSSR count). The largest absolute Gasteiger partial charge is 0.479 e. The molecule has 1 atom stereocenters. The molecule has 10 heteroatoms. The van der Waals surface area contributed by atoms with Crippen LogP contribution in [-0.2, 0) is 9.59 Å². The van der Waals surface area contributed by atoms with Crippen LogP contribution in [0.3, 0.4) is 0 Å². The third-order valence-corrected chi connectivity index (χ3v) is 5.03. The summed E-state index contributed by atoms with van der Waals surface area (Å²) in [7, 11) is 0. The second-order valence-electron chi connectivity index (χ2n) is 2.63. The van der Waals surface area contributed by atoms with Crippen molar-refractivity contribution in [3.05, 3.63) is 0 Å². The third kappa shape index (κ3) is 2.74. The van der Waals surface area contributed by atoms with Gasteiger partial charge in [0.2, 0.25) is 0 Å². The van der Waals surface area contributed by atoms with E-state index in [1.54, 1.807) is 0 Å². The van der Waals surface area contributed by atoms with Gasteiger partial charge in [-0.1, -0.05) is 34.8 Å². The van der Waals surface area contributed by atoms with Crippen molar-refractivity contribution in [2.45, 2.75) is 19.4 Å². The van der Waals surface area contributed by atoms with Crippen molar-refractivity contribution in [3.8, 4) is 0 Å². The molecule has 0 radical (unpaired) electrons. The zero-order chi connectivity index (χ0) is 13.3. The number of alkyl halides is 6. The predicted molar refractivity (Wildman–Crippen MR) is 63.4 cm³/mol. The lowest BCUT2D eigenvalue weighted by Crippen LogP contribution is -2.59. The molecule has 0 aromatic rings. The first-order valence-electron chi connectivity index (χ1n) is 3.45. The van der Waals surface area contributed by atoms with E-state index in [0.717, 1.165) is 0 Å². The standard InChI is InChI=1S/C6H4Cl6O4/c7-1(2(8)9)6(11,12)5(10,3(13)14)4(15)16/h1-2H,(H,13,14)(H,15,16). The lowest BCUT2D eigenvalue weighted by atomic mass is 10.0. The molecule has 16 heavy (non-hydrogen) atoms. The van der Waals surface area contributed by atoms with Crippen LogP contribution in [0.4, 0.5) is 0 Å². The molecule has 0 spiro atoms. The fraction of sp³-hybridized carbons (Fsp3) is 0.667. The van der Waals surface area contributed by atoms with Gasteiger partial charge >= 0.3 is 11.9 Å². The van der Waals surface area contributed by atoms with Crippen molar-refractivity contribution in [1.29, 1.82) is 0 Å². The fourth-order valence-electron chi connectivity index (χ4n) is 0.725. The van der Waals surface area contributed by atoms with Crippen LogP contribution in [0.1, 0.15) is 0 Å². The molecule has 0 heterocycles. The Morgan fingerprint density at radius 3 is 1.44 bits per heavy atom. The molecule has 0 aliphatic rings. The molecular weight excluding hydrogens is 349 g/mol. The van der Waals surface area contributed by atoms with Gasteiger partial charge in [0.05, 0.1) is 5.38 Å². The van der Waals surface area contributed by atoms with Crippen molar-refractivity contribution in [1.82, 2.24) is 0 Å². The molecule has 0 amide bonds. The van der Waals surface area contributed by atoms with Crippen LogP contribution in [0, 0.1) is 0 Å². The van der Waals surface area contributed by atoms with Crippen molar-refractivity contribution >= 4 is 81.5 Å². The van der Waals surface area contributed by atoms with E-state index in [9.17, 15) is 9.59 Å². The van der Waals surface area contributed by atoms with Crippen LogP contribution in [0.5, 0.6) is 0 Å². The van der Waals surface area contributed by atoms with Gasteiger partial charge in [-0.15, -0.1) is 34.8 Å². The van der Waals surface area contributed by atoms with Gasteiger partial charge in [0, 0.05) is 0 Å². The van der Waals surface area contributed by atoms with Gasteiger partial charge in [-0.25, -0.2) is 9.59 Å². The van der Waals surface area contributed by atoms with Gasteiger partial charge in [0.1, 0.15) is 4.84 Å². The first-order chi connectivity index (χ1) is 6.99. The van der Waals surface area contributed by atoms with Gasteiger partial charge in [-0.3, -0.25) is 0 Å². The normalized spacial score (nSPS) is 14.9. The molecule has 0 aliphatic carbocycles. The van der Waals surface area contributed by atoms with Gasteiger partial charge in [-0.05, 0) is 0 Å². The number of carboxylic acids is 2. The topological polar surface area (TPSA) is 74.6 Å². The number of carboxylic acid groups (broad SMARTS) is 2. The highest BCUT2D eigenvalue weighted by atomic mass is 35.5. The Morgan fingerprint density at radius 2 is 1.25 bits per heavy atom. The van der Waals surface area contributed by atoms with Crippen LogP contribution in [0.15, 0.2) is 0 Å². The summed E-state index contributed by atoms with van der Waals surface area (Å²) < 4.78 is -2.61. The summed E-state index contributed by atoms with van der Waals surface area (Å²) in [5, 5.41) is 15.9. The number of hydrogen-bond acceptors (Lipinski definition) is 2. The summed E-state index contributed by atoms with van der Waals surface area (Å²) in [6, 6.07) is 0. The zero-order valence-electron chi connectivity index (χ0n) is 7.13. The summed E-state index contributed by atoms with van der Waals surface area (Å²) >= 11 is 32.7. The molecule has 0 fully saturated rings. The Bertz CT molecular complexity index is 289. The minimum Gasteiger partial charge on any atom is -0.479 e. The zero-order valence-corrected chi connectivity index (χ0v) is 11.7. The van der Waals surface area contributed by atoms with Crippen molar-refractivity contribution in [2.75, 3.05) is 0 Å². The van der Waals surface area contributed by atoms with Crippen LogP contribution >= 0.6 is 69.6 Å². The highest BCUT2D eigenvalue weighted by molar-refractivity contribution is 6.65. The van der Waals surface area contributed by atoms with E-state index in [4.69, 9.17) is 79.8 Å². The van der Waals surface area contributed by atoms with E-state index < -0.39 is 31.4 Å². The molecule has 0 saturated heterocycles. The highest BCUT2D eigenvalue weighted by Crippen LogP contribution is 2.47. The van der Waals surface area contributed by atoms with E-state index in [1.807, 2.05) is 0 Å². The van der Waals surface area contributed by atoms with Gasteiger partial charge in [-0.2, -0.15) is 0 Å². The van der Waals surface area contributed by atoms with Crippen LogP contribution in [0.25, 0.3) is 0 Å². The Balaban J connectivity index is 5.55. The molecule has 0 aromatic heterocycles. The molecule has 94 valence electrons. The molecular formula is C6H4Cl6O4. The maximum atomic E-state index is 10.8. The summed E-state index contributed by atoms with van der Waals surface area (Å²) in [6.07, 6.45) is 0. The summed E-state index contributed by atoms with van der Waals surface area (Å²) in [6.45, 7) is 0. The SMILES string of the molecule is O=C(O)C(Cl)(C(=O)O)C(Cl)(Cl)C(Cl)C(Cl)Cl. The molecule has 0 aromatic carbocycles. The summed E-state index contributed by atoms with van der Waals surface area (Å²) in [4.78, 5) is 17.1. The molecule has 0 bridgehead atoms. The number of rotatable bonds is 5. The first-order valence-corrected chi connectivity index (χ1v) is 5.89. The van der Waals surface area contributed by atoms with E-state index in [1.165, 1.54) is 0 Å². The Morgan fingerprint density at radius 1 is 0.938 bits per heavy atom. The highest BCUT2D eigenvalue weighted by Gasteiger charge is 2.65. The quantitative estimate of drug-likeness (QED) is 0.589. The summed E-state index contributed by atoms with van der Waals surface area (Å²) in [5.74, 6) is -3.96. The minimum absolute atomic E-state index is 1.41. The Labute approximate surface area is 120 Å². The monoisotopic (exact) mass is 350 g/mol. The van der Waals surface area contributed by atoms with E-state index in [0.29, 0.717) is 0 Å². The predicted octanol–water partition coefficient (Wildman–Crippen LogP) is 2.72. The lowest BCUT2D eigenvalue weighted by molar-refractivity contribution is -0.152. The summed E-state index contributed by atoms with van der Waals surface area (Å²) in [5.41, 5.74) is 0. The number of aliphatic carboxylic acids is 2. The fourth-order valence-corrected chi connectivity index (χ4v) is 2.27. The smallest absolute Gasteiger partial charge is 0.339 e. The maximum Gasteiger partial charge on any atom is 0.339 e. The van der Waals surface area contributed by atoms with Crippen molar-refractivity contribution in [3.63, 3.8) is 0 Å². The van der Waals surface area contributed by atoms with Gasteiger partial charge in [0.15, 0.2) is 4.33 Å². The maximum absolute atomic E-state index is 10.8. The first kappa shape index (κ1) is 16.7. The van der Waals surface area contributed by atoms with E-state index in [-0.39, 0.29) is 0 Å². The number of hydrogen-bond donors (Lipinski definition) is 2. The molecule has 0 saturated carbocycles. The second kappa shape index (κ2) is 5.55. The number of halogens is 6. The Kier molecular flexibility index (Phi) is 5.78. The number of carbonyl (C=O) groups is 2. The third-order valence-electron chi connectivity index (χ3n) is 1.62. The van der Waals surface area contributed by atoms with E-state index in [2.05, 4.69) is 0 Å². The Hall–Kier alpha value is 0.680. The van der Waals surface area contributed by atoms with Crippen LogP contribution in [0.2, 0.25) is 0 Å². The molecule has 0 aliphatic heterocycles. The van der Waals surface area contributed by atoms with Crippen LogP contribution in [-0.4, -0.2) is 41.6 Å². The van der Waals surface area contributed by atoms with Gasteiger partial charge < -0.3 is 10.2 Å². The van der Waals surface area contributed by atoms with Crippen molar-refractivity contribution in [2.24, 2.45) is 0 Å². The van der Waals surface area contributed by atoms with Crippen molar-refractivity contribution < 1.29 is 19.8 Å². The molecule has 4 nitrogen and oxygen atoms in total. The molecule has 2 N–H and O–H groups in total. The lowest BCUT2D eigenvalue weighted by Gasteiger charge is -2.34.